The van der Waals surface area contributed by atoms with Crippen LogP contribution in [0.3, 0.4) is 0 Å². The number of ether oxygens (including phenoxy) is 1. The largest absolute Gasteiger partial charge is 0.461 e. The third kappa shape index (κ3) is 4.95. The molecule has 0 heterocycles. The van der Waals surface area contributed by atoms with Gasteiger partial charge in [-0.3, -0.25) is 4.79 Å². The molecule has 0 aromatic rings. The van der Waals surface area contributed by atoms with Crippen molar-refractivity contribution in [3.8, 4) is 0 Å². The number of esters is 1. The summed E-state index contributed by atoms with van der Waals surface area (Å²) in [6.07, 6.45) is 17.0. The molecule has 2 nitrogen and oxygen atoms in total. The Hall–Kier alpha value is -0.310. The number of fused-ring (bicyclic) bond motifs is 5. The first kappa shape index (κ1) is 26.7. The molecule has 4 aliphatic rings. The zero-order valence-corrected chi connectivity index (χ0v) is 24.7. The summed E-state index contributed by atoms with van der Waals surface area (Å²) in [6, 6.07) is 0. The number of hydrogen-bond donors (Lipinski definition) is 0. The standard InChI is InChI=1S/C31H51BrO2/c1-20(2)9-8-10-21(3)25-13-14-26-24-12-11-22-19-23(34-28(33)29(4,5)32)15-17-30(22,6)27(24)16-18-31(25,26)7/h11,20-21,23-27H,8-10,12-19H2,1-7H3/t21-,23+,24-,25+,26-,27-,30-,31+/m0/s1. The summed E-state index contributed by atoms with van der Waals surface area (Å²) < 4.78 is 5.33. The van der Waals surface area contributed by atoms with Gasteiger partial charge in [0, 0.05) is 6.42 Å². The Labute approximate surface area is 218 Å². The summed E-state index contributed by atoms with van der Waals surface area (Å²) >= 11 is 3.47. The van der Waals surface area contributed by atoms with Crippen molar-refractivity contribution in [3.63, 3.8) is 0 Å². The van der Waals surface area contributed by atoms with Gasteiger partial charge in [-0.25, -0.2) is 0 Å². The molecule has 0 radical (unpaired) electrons. The Balaban J connectivity index is 1.44. The lowest BCUT2D eigenvalue weighted by Crippen LogP contribution is -2.51. The van der Waals surface area contributed by atoms with Crippen molar-refractivity contribution in [2.75, 3.05) is 0 Å². The molecular weight excluding hydrogens is 484 g/mol. The molecule has 3 fully saturated rings. The molecule has 34 heavy (non-hydrogen) atoms. The van der Waals surface area contributed by atoms with E-state index in [4.69, 9.17) is 4.74 Å². The third-order valence-electron chi connectivity index (χ3n) is 11.0. The average Bonchev–Trinajstić information content (AvgIpc) is 3.10. The predicted octanol–water partition coefficient (Wildman–Crippen LogP) is 9.11. The van der Waals surface area contributed by atoms with E-state index in [1.54, 1.807) is 5.57 Å². The van der Waals surface area contributed by atoms with E-state index in [9.17, 15) is 4.79 Å². The van der Waals surface area contributed by atoms with E-state index in [1.807, 2.05) is 13.8 Å². The Morgan fingerprint density at radius 2 is 1.82 bits per heavy atom. The number of carbonyl (C=O) groups is 1. The molecule has 0 spiro atoms. The van der Waals surface area contributed by atoms with Crippen LogP contribution in [0.25, 0.3) is 0 Å². The maximum Gasteiger partial charge on any atom is 0.322 e. The molecule has 0 aliphatic heterocycles. The van der Waals surface area contributed by atoms with Crippen LogP contribution in [0.15, 0.2) is 11.6 Å². The van der Waals surface area contributed by atoms with Gasteiger partial charge in [-0.15, -0.1) is 0 Å². The second-order valence-electron chi connectivity index (χ2n) is 14.0. The van der Waals surface area contributed by atoms with Crippen LogP contribution in [-0.2, 0) is 9.53 Å². The summed E-state index contributed by atoms with van der Waals surface area (Å²) in [5.74, 6) is 5.10. The van der Waals surface area contributed by atoms with E-state index in [-0.39, 0.29) is 12.1 Å². The molecule has 3 saturated carbocycles. The van der Waals surface area contributed by atoms with Crippen molar-refractivity contribution in [1.29, 1.82) is 0 Å². The third-order valence-corrected chi connectivity index (χ3v) is 11.3. The second kappa shape index (κ2) is 9.86. The summed E-state index contributed by atoms with van der Waals surface area (Å²) in [4.78, 5) is 12.5. The summed E-state index contributed by atoms with van der Waals surface area (Å²) in [6.45, 7) is 16.3. The second-order valence-corrected chi connectivity index (χ2v) is 16.0. The summed E-state index contributed by atoms with van der Waals surface area (Å²) in [7, 11) is 0. The lowest BCUT2D eigenvalue weighted by atomic mass is 9.47. The van der Waals surface area contributed by atoms with Gasteiger partial charge in [0.15, 0.2) is 0 Å². The van der Waals surface area contributed by atoms with Gasteiger partial charge in [-0.2, -0.15) is 0 Å². The Kier molecular flexibility index (Phi) is 7.76. The van der Waals surface area contributed by atoms with Crippen LogP contribution in [0.2, 0.25) is 0 Å². The highest BCUT2D eigenvalue weighted by Gasteiger charge is 2.59. The van der Waals surface area contributed by atoms with Crippen molar-refractivity contribution >= 4 is 21.9 Å². The minimum Gasteiger partial charge on any atom is -0.461 e. The molecule has 0 unspecified atom stereocenters. The minimum atomic E-state index is -0.599. The highest BCUT2D eigenvalue weighted by atomic mass is 79.9. The fourth-order valence-corrected chi connectivity index (χ4v) is 9.14. The van der Waals surface area contributed by atoms with E-state index in [0.29, 0.717) is 10.8 Å². The van der Waals surface area contributed by atoms with Crippen molar-refractivity contribution in [1.82, 2.24) is 0 Å². The number of rotatable bonds is 7. The van der Waals surface area contributed by atoms with Gasteiger partial charge in [-0.05, 0) is 105 Å². The normalized spacial score (nSPS) is 40.7. The zero-order valence-electron chi connectivity index (χ0n) is 23.1. The Morgan fingerprint density at radius 3 is 2.50 bits per heavy atom. The molecular formula is C31H51BrO2. The molecule has 8 atom stereocenters. The van der Waals surface area contributed by atoms with Crippen molar-refractivity contribution in [2.45, 2.75) is 130 Å². The number of halogens is 1. The molecule has 4 aliphatic carbocycles. The molecule has 0 aromatic heterocycles. The minimum absolute atomic E-state index is 0.0524. The lowest BCUT2D eigenvalue weighted by Gasteiger charge is -2.58. The van der Waals surface area contributed by atoms with E-state index >= 15 is 0 Å². The monoisotopic (exact) mass is 534 g/mol. The number of alkyl halides is 1. The first-order valence-corrected chi connectivity index (χ1v) is 15.2. The first-order chi connectivity index (χ1) is 15.9. The van der Waals surface area contributed by atoms with E-state index in [2.05, 4.69) is 56.6 Å². The smallest absolute Gasteiger partial charge is 0.322 e. The molecule has 0 saturated heterocycles. The quantitative estimate of drug-likeness (QED) is 0.185. The highest BCUT2D eigenvalue weighted by molar-refractivity contribution is 9.10. The first-order valence-electron chi connectivity index (χ1n) is 14.5. The zero-order chi connectivity index (χ0) is 24.9. The van der Waals surface area contributed by atoms with Crippen molar-refractivity contribution in [2.24, 2.45) is 46.3 Å². The molecule has 0 bridgehead atoms. The Bertz CT molecular complexity index is 779. The van der Waals surface area contributed by atoms with E-state index < -0.39 is 4.32 Å². The molecule has 0 N–H and O–H groups in total. The number of carbonyl (C=O) groups excluding carboxylic acids is 1. The van der Waals surface area contributed by atoms with Crippen LogP contribution in [0.1, 0.15) is 119 Å². The van der Waals surface area contributed by atoms with Crippen LogP contribution in [0.4, 0.5) is 0 Å². The van der Waals surface area contributed by atoms with E-state index in [0.717, 1.165) is 48.3 Å². The molecule has 4 rings (SSSR count). The maximum atomic E-state index is 12.5. The van der Waals surface area contributed by atoms with Gasteiger partial charge < -0.3 is 4.74 Å². The highest BCUT2D eigenvalue weighted by Crippen LogP contribution is 2.67. The van der Waals surface area contributed by atoms with Crippen molar-refractivity contribution < 1.29 is 9.53 Å². The van der Waals surface area contributed by atoms with Crippen LogP contribution in [-0.4, -0.2) is 16.4 Å². The summed E-state index contributed by atoms with van der Waals surface area (Å²) in [5, 5.41) is 0. The number of allylic oxidation sites excluding steroid dienone is 1. The lowest BCUT2D eigenvalue weighted by molar-refractivity contribution is -0.153. The maximum absolute atomic E-state index is 12.5. The topological polar surface area (TPSA) is 26.3 Å². The predicted molar refractivity (Wildman–Crippen MR) is 146 cm³/mol. The number of hydrogen-bond acceptors (Lipinski definition) is 2. The van der Waals surface area contributed by atoms with Crippen LogP contribution in [0, 0.1) is 46.3 Å². The van der Waals surface area contributed by atoms with Crippen LogP contribution >= 0.6 is 15.9 Å². The van der Waals surface area contributed by atoms with Gasteiger partial charge in [0.05, 0.1) is 0 Å². The fourth-order valence-electron chi connectivity index (χ4n) is 9.04. The van der Waals surface area contributed by atoms with Gasteiger partial charge in [0.1, 0.15) is 10.4 Å². The fraction of sp³-hybridized carbons (Fsp3) is 0.903. The van der Waals surface area contributed by atoms with Gasteiger partial charge in [0.2, 0.25) is 0 Å². The summed E-state index contributed by atoms with van der Waals surface area (Å²) in [5.41, 5.74) is 2.47. The molecule has 0 aromatic carbocycles. The van der Waals surface area contributed by atoms with Gasteiger partial charge in [-0.1, -0.05) is 81.5 Å². The van der Waals surface area contributed by atoms with Gasteiger partial charge >= 0.3 is 5.97 Å². The Morgan fingerprint density at radius 1 is 1.09 bits per heavy atom. The van der Waals surface area contributed by atoms with Crippen LogP contribution in [0.5, 0.6) is 0 Å². The average molecular weight is 536 g/mol. The van der Waals surface area contributed by atoms with Crippen LogP contribution < -0.4 is 0 Å². The SMILES string of the molecule is CC(C)CCC[C@H](C)[C@H]1CC[C@H]2[C@@H]3CC=C4C[C@H](OC(=O)C(C)(C)Br)CC[C@]4(C)[C@H]3CC[C@]12C. The molecule has 0 amide bonds. The van der Waals surface area contributed by atoms with E-state index in [1.165, 1.54) is 57.8 Å². The van der Waals surface area contributed by atoms with Crippen molar-refractivity contribution in [3.05, 3.63) is 11.6 Å². The molecule has 3 heteroatoms. The molecule has 194 valence electrons. The van der Waals surface area contributed by atoms with Gasteiger partial charge in [0.25, 0.3) is 0 Å².